The second-order valence-electron chi connectivity index (χ2n) is 6.03. The minimum Gasteiger partial charge on any atom is -0.392 e. The van der Waals surface area contributed by atoms with Gasteiger partial charge in [0.05, 0.1) is 11.7 Å². The van der Waals surface area contributed by atoms with Gasteiger partial charge >= 0.3 is 0 Å². The Hall–Kier alpha value is -2.25. The third-order valence-electron chi connectivity index (χ3n) is 4.36. The highest BCUT2D eigenvalue weighted by atomic mass is 16.3. The molecule has 2 aromatic heterocycles. The average molecular weight is 329 g/mol. The fourth-order valence-electron chi connectivity index (χ4n) is 2.80. The smallest absolute Gasteiger partial charge is 0.255 e. The third kappa shape index (κ3) is 3.80. The second-order valence-corrected chi connectivity index (χ2v) is 6.03. The molecule has 1 saturated heterocycles. The van der Waals surface area contributed by atoms with Gasteiger partial charge in [-0.05, 0) is 18.6 Å². The quantitative estimate of drug-likeness (QED) is 0.878. The highest BCUT2D eigenvalue weighted by molar-refractivity contribution is 5.94. The Morgan fingerprint density at radius 1 is 1.29 bits per heavy atom. The number of nitrogens with zero attached hydrogens (tertiary/aromatic N) is 5. The lowest BCUT2D eigenvalue weighted by Gasteiger charge is -2.35. The number of imidazole rings is 1. The lowest BCUT2D eigenvalue weighted by atomic mass is 10.2. The van der Waals surface area contributed by atoms with Crippen molar-refractivity contribution in [2.24, 2.45) is 0 Å². The van der Waals surface area contributed by atoms with Crippen LogP contribution in [0.3, 0.4) is 0 Å². The summed E-state index contributed by atoms with van der Waals surface area (Å²) < 4.78 is 1.80. The van der Waals surface area contributed by atoms with E-state index in [1.807, 2.05) is 24.1 Å². The number of piperazine rings is 1. The number of amides is 1. The maximum atomic E-state index is 12.6. The Morgan fingerprint density at radius 3 is 2.67 bits per heavy atom. The predicted octanol–water partition coefficient (Wildman–Crippen LogP) is 0.796. The van der Waals surface area contributed by atoms with Crippen LogP contribution in [0.1, 0.15) is 23.7 Å². The summed E-state index contributed by atoms with van der Waals surface area (Å²) in [5.41, 5.74) is 0.598. The molecule has 7 heteroatoms. The maximum absolute atomic E-state index is 12.6. The minimum atomic E-state index is -0.285. The van der Waals surface area contributed by atoms with Gasteiger partial charge in [-0.3, -0.25) is 14.3 Å². The number of β-amino-alcohol motifs (C(OH)–C–C–N with tert-alkyl or cyclic N) is 1. The molecule has 0 spiro atoms. The molecule has 1 N–H and O–H groups in total. The van der Waals surface area contributed by atoms with E-state index < -0.39 is 0 Å². The van der Waals surface area contributed by atoms with E-state index >= 15 is 0 Å². The number of aliphatic hydroxyl groups is 1. The van der Waals surface area contributed by atoms with Gasteiger partial charge in [-0.1, -0.05) is 6.92 Å². The van der Waals surface area contributed by atoms with Crippen molar-refractivity contribution in [1.29, 1.82) is 0 Å². The van der Waals surface area contributed by atoms with Crippen molar-refractivity contribution in [3.8, 4) is 5.82 Å². The summed E-state index contributed by atoms with van der Waals surface area (Å²) in [7, 11) is 0. The summed E-state index contributed by atoms with van der Waals surface area (Å²) in [6.45, 7) is 5.61. The number of aliphatic hydroxyl groups excluding tert-OH is 1. The zero-order chi connectivity index (χ0) is 16.9. The summed E-state index contributed by atoms with van der Waals surface area (Å²) in [5.74, 6) is 0.748. The van der Waals surface area contributed by atoms with Crippen LogP contribution in [0.5, 0.6) is 0 Å². The molecule has 3 heterocycles. The van der Waals surface area contributed by atoms with Gasteiger partial charge < -0.3 is 10.0 Å². The van der Waals surface area contributed by atoms with E-state index in [4.69, 9.17) is 0 Å². The number of hydrogen-bond acceptors (Lipinski definition) is 5. The van der Waals surface area contributed by atoms with Crippen LogP contribution in [0.2, 0.25) is 0 Å². The Balaban J connectivity index is 1.57. The average Bonchev–Trinajstić information content (AvgIpc) is 3.16. The molecule has 1 aliphatic heterocycles. The van der Waals surface area contributed by atoms with Crippen LogP contribution in [0.15, 0.2) is 37.1 Å². The van der Waals surface area contributed by atoms with Crippen LogP contribution in [0.25, 0.3) is 5.82 Å². The minimum absolute atomic E-state index is 0.00960. The van der Waals surface area contributed by atoms with E-state index in [2.05, 4.69) is 14.9 Å². The van der Waals surface area contributed by atoms with Gasteiger partial charge in [-0.25, -0.2) is 9.97 Å². The molecule has 1 unspecified atom stereocenters. The van der Waals surface area contributed by atoms with Crippen LogP contribution in [0.4, 0.5) is 0 Å². The first-order chi connectivity index (χ1) is 11.7. The number of carbonyl (C=O) groups excluding carboxylic acids is 1. The van der Waals surface area contributed by atoms with Crippen molar-refractivity contribution in [3.63, 3.8) is 0 Å². The summed E-state index contributed by atoms with van der Waals surface area (Å²) in [6.07, 6.45) is 7.27. The van der Waals surface area contributed by atoms with Crippen molar-refractivity contribution in [2.45, 2.75) is 19.4 Å². The summed E-state index contributed by atoms with van der Waals surface area (Å²) in [5, 5.41) is 9.73. The molecular formula is C17H23N5O2. The molecule has 1 aliphatic rings. The van der Waals surface area contributed by atoms with Crippen molar-refractivity contribution >= 4 is 5.91 Å². The van der Waals surface area contributed by atoms with E-state index in [1.54, 1.807) is 29.4 Å². The van der Waals surface area contributed by atoms with Gasteiger partial charge in [0.25, 0.3) is 5.91 Å². The van der Waals surface area contributed by atoms with Crippen LogP contribution >= 0.6 is 0 Å². The molecule has 2 aromatic rings. The molecule has 0 saturated carbocycles. The summed E-state index contributed by atoms with van der Waals surface area (Å²) in [6, 6.07) is 3.63. The van der Waals surface area contributed by atoms with Gasteiger partial charge in [0.2, 0.25) is 0 Å². The maximum Gasteiger partial charge on any atom is 0.255 e. The number of pyridine rings is 1. The van der Waals surface area contributed by atoms with Gasteiger partial charge in [0.1, 0.15) is 12.1 Å². The fraction of sp³-hybridized carbons (Fsp3) is 0.471. The molecule has 7 nitrogen and oxygen atoms in total. The van der Waals surface area contributed by atoms with Crippen LogP contribution < -0.4 is 0 Å². The number of hydrogen-bond donors (Lipinski definition) is 1. The zero-order valence-electron chi connectivity index (χ0n) is 13.9. The Labute approximate surface area is 141 Å². The second kappa shape index (κ2) is 7.55. The third-order valence-corrected chi connectivity index (χ3v) is 4.36. The SMILES string of the molecule is CCC(O)CN1CCN(C(=O)c2ccc(-n3ccnc3)nc2)CC1. The highest BCUT2D eigenvalue weighted by Crippen LogP contribution is 2.11. The number of carbonyl (C=O) groups is 1. The first-order valence-electron chi connectivity index (χ1n) is 8.31. The fourth-order valence-corrected chi connectivity index (χ4v) is 2.80. The summed E-state index contributed by atoms with van der Waals surface area (Å²) in [4.78, 5) is 25.0. The lowest BCUT2D eigenvalue weighted by molar-refractivity contribution is 0.0523. The Morgan fingerprint density at radius 2 is 2.08 bits per heavy atom. The van der Waals surface area contributed by atoms with Crippen molar-refractivity contribution in [2.75, 3.05) is 32.7 Å². The van der Waals surface area contributed by atoms with E-state index in [0.717, 1.165) is 25.3 Å². The summed E-state index contributed by atoms with van der Waals surface area (Å²) >= 11 is 0. The molecule has 1 atom stereocenters. The van der Waals surface area contributed by atoms with E-state index in [9.17, 15) is 9.90 Å². The normalized spacial score (nSPS) is 17.0. The topological polar surface area (TPSA) is 74.5 Å². The van der Waals surface area contributed by atoms with Gasteiger partial charge in [-0.2, -0.15) is 0 Å². The van der Waals surface area contributed by atoms with Crippen molar-refractivity contribution in [3.05, 3.63) is 42.6 Å². The Bertz CT molecular complexity index is 648. The van der Waals surface area contributed by atoms with Crippen molar-refractivity contribution in [1.82, 2.24) is 24.3 Å². The van der Waals surface area contributed by atoms with Gasteiger partial charge in [0, 0.05) is 51.3 Å². The van der Waals surface area contributed by atoms with E-state index in [1.165, 1.54) is 0 Å². The largest absolute Gasteiger partial charge is 0.392 e. The number of rotatable bonds is 5. The van der Waals surface area contributed by atoms with Crippen LogP contribution in [0, 0.1) is 0 Å². The molecule has 1 amide bonds. The van der Waals surface area contributed by atoms with Crippen LogP contribution in [-0.4, -0.2) is 74.2 Å². The molecule has 24 heavy (non-hydrogen) atoms. The predicted molar refractivity (Wildman–Crippen MR) is 90.0 cm³/mol. The molecule has 0 aliphatic carbocycles. The first kappa shape index (κ1) is 16.6. The molecule has 1 fully saturated rings. The molecule has 128 valence electrons. The number of aromatic nitrogens is 3. The van der Waals surface area contributed by atoms with Crippen molar-refractivity contribution < 1.29 is 9.90 Å². The molecule has 0 radical (unpaired) electrons. The van der Waals surface area contributed by atoms with E-state index in [-0.39, 0.29) is 12.0 Å². The van der Waals surface area contributed by atoms with Crippen LogP contribution in [-0.2, 0) is 0 Å². The standard InChI is InChI=1S/C17H23N5O2/c1-2-15(23)12-20-7-9-21(10-8-20)17(24)14-3-4-16(19-11-14)22-6-5-18-13-22/h3-6,11,13,15,23H,2,7-10,12H2,1H3. The molecule has 3 rings (SSSR count). The molecule has 0 bridgehead atoms. The van der Waals surface area contributed by atoms with E-state index in [0.29, 0.717) is 25.2 Å². The Kier molecular flexibility index (Phi) is 5.22. The zero-order valence-corrected chi connectivity index (χ0v) is 13.9. The molecular weight excluding hydrogens is 306 g/mol. The highest BCUT2D eigenvalue weighted by Gasteiger charge is 2.23. The first-order valence-corrected chi connectivity index (χ1v) is 8.31. The lowest BCUT2D eigenvalue weighted by Crippen LogP contribution is -2.50. The molecule has 0 aromatic carbocycles. The van der Waals surface area contributed by atoms with Gasteiger partial charge in [-0.15, -0.1) is 0 Å². The monoisotopic (exact) mass is 329 g/mol. The van der Waals surface area contributed by atoms with Gasteiger partial charge in [0.15, 0.2) is 0 Å².